The van der Waals surface area contributed by atoms with Crippen LogP contribution in [0, 0.1) is 0 Å². The summed E-state index contributed by atoms with van der Waals surface area (Å²) in [4.78, 5) is 10.7. The van der Waals surface area contributed by atoms with E-state index in [4.69, 9.17) is 22.2 Å². The zero-order valence-corrected chi connectivity index (χ0v) is 27.7. The van der Waals surface area contributed by atoms with Crippen LogP contribution in [0.3, 0.4) is 0 Å². The third kappa shape index (κ3) is 32.2. The molecule has 0 unspecified atom stereocenters. The molecule has 0 amide bonds. The van der Waals surface area contributed by atoms with Gasteiger partial charge in [0.25, 0.3) is 0 Å². The number of nitrogens with zero attached hydrogens (tertiary/aromatic N) is 1. The first kappa shape index (κ1) is 32.9. The Balaban J connectivity index is -0.000000376. The van der Waals surface area contributed by atoms with Crippen molar-refractivity contribution < 1.29 is 0 Å². The Kier molecular flexibility index (Phi) is 18.5. The lowest BCUT2D eigenvalue weighted by Crippen LogP contribution is -2.54. The molecule has 0 aliphatic rings. The van der Waals surface area contributed by atoms with Crippen LogP contribution >= 0.6 is 22.2 Å². The van der Waals surface area contributed by atoms with Crippen LogP contribution in [0.2, 0.25) is 6.55 Å². The third-order valence-electron chi connectivity index (χ3n) is 3.37. The van der Waals surface area contributed by atoms with E-state index in [1.807, 2.05) is 0 Å². The zero-order valence-electron chi connectivity index (χ0n) is 20.5. The van der Waals surface area contributed by atoms with Crippen molar-refractivity contribution in [2.24, 2.45) is 0 Å². The Morgan fingerprint density at radius 1 is 0.630 bits per heavy atom. The lowest BCUT2D eigenvalue weighted by atomic mass is 10.1. The molecule has 0 saturated heterocycles. The largest absolute Gasteiger partial charge is 0.339 e. The summed E-state index contributed by atoms with van der Waals surface area (Å²) in [5, 5.41) is 0. The molecule has 0 spiro atoms. The van der Waals surface area contributed by atoms with Gasteiger partial charge in [0.05, 0.1) is 9.68 Å². The van der Waals surface area contributed by atoms with Crippen molar-refractivity contribution in [2.45, 2.75) is 112 Å². The van der Waals surface area contributed by atoms with E-state index in [1.165, 1.54) is 0 Å². The predicted molar refractivity (Wildman–Crippen MR) is 142 cm³/mol. The summed E-state index contributed by atoms with van der Waals surface area (Å²) in [5.74, 6) is 0. The average Bonchev–Trinajstić information content (AvgIpc) is 2.34. The van der Waals surface area contributed by atoms with Crippen LogP contribution < -0.4 is 14.9 Å². The molecule has 168 valence electrons. The summed E-state index contributed by atoms with van der Waals surface area (Å²) in [5.41, 5.74) is 1.21. The number of nitrogens with one attached hydrogen (secondary N) is 3. The first-order chi connectivity index (χ1) is 11.8. The van der Waals surface area contributed by atoms with E-state index >= 15 is 0 Å². The molecule has 0 heterocycles. The monoisotopic (exact) mass is 492 g/mol. The van der Waals surface area contributed by atoms with Gasteiger partial charge in [0.15, 0.2) is 19.7 Å². The van der Waals surface area contributed by atoms with Crippen molar-refractivity contribution in [2.75, 3.05) is 0 Å². The second-order valence-corrected chi connectivity index (χ2v) is 18.2. The summed E-state index contributed by atoms with van der Waals surface area (Å²) in [6, 6.07) is 0. The van der Waals surface area contributed by atoms with E-state index in [0.29, 0.717) is 11.1 Å². The van der Waals surface area contributed by atoms with Gasteiger partial charge in [0.2, 0.25) is 8.14 Å². The predicted octanol–water partition coefficient (Wildman–Crippen LogP) is 1.83. The standard InChI is InChI=1S/C9H26N2Si2.C8H22N2Si.Cl2H2Si/c1-8(2,3)10-13-11(12-7)9(4,5)6;1-7(2,3)9-11-10-8(4,5)6;1-3-2/h10H,12-13H2,1-7H3;9-10H,11H2,1-6H3;3H2. The van der Waals surface area contributed by atoms with Gasteiger partial charge in [-0.05, 0) is 83.1 Å². The minimum absolute atomic E-state index is 0.0126. The van der Waals surface area contributed by atoms with E-state index in [2.05, 4.69) is 109 Å². The minimum atomic E-state index is -0.639. The molecule has 10 heteroatoms. The molecule has 4 nitrogen and oxygen atoms in total. The SMILES string of the molecule is CC(C)(C)N[SiH2]NC(C)(C)C.C[SiH2]N([SiH2]NC(C)(C)C)C(C)(C)C.Cl[SiH2]Cl. The van der Waals surface area contributed by atoms with Crippen LogP contribution in [0.15, 0.2) is 0 Å². The molecule has 0 aliphatic carbocycles. The summed E-state index contributed by atoms with van der Waals surface area (Å²) in [7, 11) is -1.19. The van der Waals surface area contributed by atoms with Crippen molar-refractivity contribution in [1.29, 1.82) is 0 Å². The fourth-order valence-electron chi connectivity index (χ4n) is 1.73. The van der Waals surface area contributed by atoms with Gasteiger partial charge in [-0.25, -0.2) is 0 Å². The molecule has 0 aliphatic heterocycles. The smallest absolute Gasteiger partial charge is 0.222 e. The van der Waals surface area contributed by atoms with E-state index in [-0.39, 0.29) is 40.4 Å². The molecule has 0 fully saturated rings. The van der Waals surface area contributed by atoms with Crippen LogP contribution in [0.25, 0.3) is 0 Å². The molecular weight excluding hydrogens is 443 g/mol. The first-order valence-corrected chi connectivity index (χ1v) is 19.0. The number of rotatable bonds is 5. The Hall–Kier alpha value is 1.29. The Morgan fingerprint density at radius 3 is 1.11 bits per heavy atom. The highest BCUT2D eigenvalue weighted by Gasteiger charge is 2.21. The van der Waals surface area contributed by atoms with Crippen LogP contribution in [0.5, 0.6) is 0 Å². The van der Waals surface area contributed by atoms with Gasteiger partial charge in [-0.2, -0.15) is 22.2 Å². The summed E-state index contributed by atoms with van der Waals surface area (Å²) < 4.78 is 2.71. The summed E-state index contributed by atoms with van der Waals surface area (Å²) >= 11 is 9.81. The third-order valence-corrected chi connectivity index (χ3v) is 12.1. The van der Waals surface area contributed by atoms with Crippen molar-refractivity contribution in [3.63, 3.8) is 0 Å². The second kappa shape index (κ2) is 15.1. The van der Waals surface area contributed by atoms with Crippen LogP contribution in [0.1, 0.15) is 83.1 Å². The van der Waals surface area contributed by atoms with Gasteiger partial charge in [-0.1, -0.05) is 6.55 Å². The lowest BCUT2D eigenvalue weighted by molar-refractivity contribution is 0.363. The van der Waals surface area contributed by atoms with Crippen molar-refractivity contribution in [3.05, 3.63) is 0 Å². The van der Waals surface area contributed by atoms with Crippen LogP contribution in [0.4, 0.5) is 0 Å². The molecule has 0 saturated carbocycles. The van der Waals surface area contributed by atoms with Crippen molar-refractivity contribution in [3.8, 4) is 0 Å². The van der Waals surface area contributed by atoms with E-state index in [9.17, 15) is 0 Å². The quantitative estimate of drug-likeness (QED) is 0.404. The Morgan fingerprint density at radius 2 is 0.926 bits per heavy atom. The van der Waals surface area contributed by atoms with E-state index in [0.717, 1.165) is 0 Å². The Labute approximate surface area is 190 Å². The van der Waals surface area contributed by atoms with Gasteiger partial charge in [-0.15, -0.1) is 0 Å². The number of hydrogen-bond acceptors (Lipinski definition) is 4. The fourth-order valence-corrected chi connectivity index (χ4v) is 6.20. The highest BCUT2D eigenvalue weighted by atomic mass is 35.7. The Bertz CT molecular complexity index is 335. The lowest BCUT2D eigenvalue weighted by Gasteiger charge is -2.37. The van der Waals surface area contributed by atoms with Gasteiger partial charge in [0, 0.05) is 22.2 Å². The number of halogens is 2. The molecule has 0 radical (unpaired) electrons. The van der Waals surface area contributed by atoms with Gasteiger partial charge >= 0.3 is 0 Å². The van der Waals surface area contributed by atoms with Crippen LogP contribution in [-0.2, 0) is 0 Å². The molecule has 0 bridgehead atoms. The summed E-state index contributed by atoms with van der Waals surface area (Å²) in [6.07, 6.45) is 0. The molecular formula is C17H50Cl2N4Si4. The maximum absolute atomic E-state index is 4.90. The molecule has 0 aromatic carbocycles. The van der Waals surface area contributed by atoms with Gasteiger partial charge in [0.1, 0.15) is 0 Å². The van der Waals surface area contributed by atoms with E-state index in [1.54, 1.807) is 0 Å². The number of hydrogen-bond donors (Lipinski definition) is 3. The molecule has 0 rings (SSSR count). The molecule has 0 atom stereocenters. The fraction of sp³-hybridized carbons (Fsp3) is 1.00. The van der Waals surface area contributed by atoms with Crippen molar-refractivity contribution >= 4 is 59.7 Å². The van der Waals surface area contributed by atoms with Gasteiger partial charge in [-0.3, -0.25) is 0 Å². The topological polar surface area (TPSA) is 39.3 Å². The van der Waals surface area contributed by atoms with Crippen LogP contribution in [-0.4, -0.2) is 63.9 Å². The highest BCUT2D eigenvalue weighted by molar-refractivity contribution is 7.22. The average molecular weight is 494 g/mol. The van der Waals surface area contributed by atoms with Gasteiger partial charge < -0.3 is 19.2 Å². The molecule has 27 heavy (non-hydrogen) atoms. The molecule has 3 N–H and O–H groups in total. The maximum atomic E-state index is 4.90. The van der Waals surface area contributed by atoms with E-state index < -0.39 is 8.14 Å². The zero-order chi connectivity index (χ0) is 22.5. The van der Waals surface area contributed by atoms with Crippen molar-refractivity contribution in [1.82, 2.24) is 19.2 Å². The normalized spacial score (nSPS) is 13.8. The maximum Gasteiger partial charge on any atom is 0.222 e. The minimum Gasteiger partial charge on any atom is -0.339 e. The first-order valence-electron chi connectivity index (χ1n) is 9.91. The highest BCUT2D eigenvalue weighted by Crippen LogP contribution is 2.10. The molecule has 0 aromatic heterocycles. The second-order valence-electron chi connectivity index (χ2n) is 10.7. The molecule has 0 aromatic rings. The summed E-state index contributed by atoms with van der Waals surface area (Å²) in [6.45, 7) is 29.3.